The standard InChI is InChI=1S/C24H25N6O4P.ClH/c31-35(32,33)34-18-10-12-29(13-11-18)24-25-14-17(15-26-24)19-6-7-20-23(28-19)30-21(8-9-22(30)27-20)16-4-2-1-3-5-16;/h1-7,14-15,18,21H,8-13H2,(H2,31,32,33);1H/t21-;/m1./s1. The van der Waals surface area contributed by atoms with Crippen LogP contribution in [-0.4, -0.2) is 53.5 Å². The molecule has 0 unspecified atom stereocenters. The van der Waals surface area contributed by atoms with Gasteiger partial charge in [0.25, 0.3) is 0 Å². The van der Waals surface area contributed by atoms with Crippen LogP contribution >= 0.6 is 20.2 Å². The van der Waals surface area contributed by atoms with Crippen molar-refractivity contribution in [3.63, 3.8) is 0 Å². The Morgan fingerprint density at radius 1 is 0.944 bits per heavy atom. The molecule has 0 amide bonds. The minimum Gasteiger partial charge on any atom is -0.341 e. The summed E-state index contributed by atoms with van der Waals surface area (Å²) in [6, 6.07) is 14.7. The van der Waals surface area contributed by atoms with Crippen molar-refractivity contribution in [1.82, 2.24) is 24.5 Å². The third kappa shape index (κ3) is 4.87. The minimum absolute atomic E-state index is 0. The molecule has 36 heavy (non-hydrogen) atoms. The summed E-state index contributed by atoms with van der Waals surface area (Å²) >= 11 is 0. The number of fused-ring (bicyclic) bond motifs is 3. The van der Waals surface area contributed by atoms with E-state index in [1.165, 1.54) is 5.56 Å². The summed E-state index contributed by atoms with van der Waals surface area (Å²) in [5.41, 5.74) is 4.64. The van der Waals surface area contributed by atoms with Crippen molar-refractivity contribution in [1.29, 1.82) is 0 Å². The van der Waals surface area contributed by atoms with E-state index in [9.17, 15) is 4.57 Å². The Morgan fingerprint density at radius 3 is 2.36 bits per heavy atom. The van der Waals surface area contributed by atoms with E-state index in [4.69, 9.17) is 24.3 Å². The molecule has 2 aliphatic heterocycles. The van der Waals surface area contributed by atoms with E-state index in [0.29, 0.717) is 31.9 Å². The lowest BCUT2D eigenvalue weighted by atomic mass is 10.0. The van der Waals surface area contributed by atoms with Crippen molar-refractivity contribution in [2.24, 2.45) is 0 Å². The molecule has 1 fully saturated rings. The molecule has 0 spiro atoms. The SMILES string of the molecule is Cl.O=P(O)(O)OC1CCN(c2ncc(-c3ccc4nc5n(c4n3)[C@@H](c3ccccc3)CC5)cn2)CC1. The molecule has 2 N–H and O–H groups in total. The third-order valence-electron chi connectivity index (χ3n) is 6.69. The molecular formula is C24H26ClN6O4P. The first-order chi connectivity index (χ1) is 16.9. The van der Waals surface area contributed by atoms with Gasteiger partial charge in [0, 0.05) is 37.5 Å². The maximum Gasteiger partial charge on any atom is 0.469 e. The molecule has 2 aliphatic rings. The Balaban J connectivity index is 0.00000267. The van der Waals surface area contributed by atoms with Gasteiger partial charge in [-0.15, -0.1) is 12.4 Å². The fourth-order valence-electron chi connectivity index (χ4n) is 5.04. The first-order valence-electron chi connectivity index (χ1n) is 11.7. The van der Waals surface area contributed by atoms with Crippen molar-refractivity contribution >= 4 is 37.3 Å². The van der Waals surface area contributed by atoms with Crippen LogP contribution in [0.3, 0.4) is 0 Å². The number of nitrogens with zero attached hydrogens (tertiary/aromatic N) is 6. The molecule has 1 saturated heterocycles. The lowest BCUT2D eigenvalue weighted by molar-refractivity contribution is 0.114. The quantitative estimate of drug-likeness (QED) is 0.370. The first-order valence-corrected chi connectivity index (χ1v) is 13.2. The summed E-state index contributed by atoms with van der Waals surface area (Å²) < 4.78 is 18.1. The van der Waals surface area contributed by atoms with E-state index in [2.05, 4.69) is 38.8 Å². The van der Waals surface area contributed by atoms with E-state index < -0.39 is 13.9 Å². The Morgan fingerprint density at radius 2 is 1.67 bits per heavy atom. The average molecular weight is 529 g/mol. The van der Waals surface area contributed by atoms with E-state index in [1.807, 2.05) is 23.1 Å². The number of piperidine rings is 1. The summed E-state index contributed by atoms with van der Waals surface area (Å²) in [7, 11) is -4.47. The van der Waals surface area contributed by atoms with Crippen molar-refractivity contribution in [2.45, 2.75) is 37.8 Å². The van der Waals surface area contributed by atoms with Crippen LogP contribution in [0.1, 0.15) is 36.7 Å². The molecule has 0 saturated carbocycles. The summed E-state index contributed by atoms with van der Waals surface area (Å²) in [4.78, 5) is 38.9. The molecule has 3 aromatic heterocycles. The number of phosphoric acid groups is 1. The number of pyridine rings is 1. The number of phosphoric ester groups is 1. The highest BCUT2D eigenvalue weighted by atomic mass is 35.5. The highest BCUT2D eigenvalue weighted by Crippen LogP contribution is 2.40. The topological polar surface area (TPSA) is 126 Å². The van der Waals surface area contributed by atoms with E-state index in [1.54, 1.807) is 12.4 Å². The first kappa shape index (κ1) is 24.8. The number of imidazole rings is 1. The lowest BCUT2D eigenvalue weighted by Crippen LogP contribution is -2.37. The molecule has 5 heterocycles. The smallest absolute Gasteiger partial charge is 0.341 e. The van der Waals surface area contributed by atoms with Crippen LogP contribution in [0.25, 0.3) is 22.4 Å². The van der Waals surface area contributed by atoms with E-state index in [-0.39, 0.29) is 18.4 Å². The molecule has 0 bridgehead atoms. The number of aryl methyl sites for hydroxylation is 1. The van der Waals surface area contributed by atoms with E-state index in [0.717, 1.165) is 41.1 Å². The summed E-state index contributed by atoms with van der Waals surface area (Å²) in [5.74, 6) is 1.65. The second-order valence-electron chi connectivity index (χ2n) is 8.96. The number of benzene rings is 1. The molecule has 0 radical (unpaired) electrons. The Bertz CT molecular complexity index is 1400. The van der Waals surface area contributed by atoms with Gasteiger partial charge in [-0.05, 0) is 37.0 Å². The van der Waals surface area contributed by atoms with Crippen LogP contribution in [0.4, 0.5) is 5.95 Å². The van der Waals surface area contributed by atoms with Crippen molar-refractivity contribution < 1.29 is 18.9 Å². The summed E-state index contributed by atoms with van der Waals surface area (Å²) in [6.45, 7) is 1.13. The summed E-state index contributed by atoms with van der Waals surface area (Å²) in [6.07, 6.45) is 6.03. The Hall–Kier alpha value is -2.88. The Kier molecular flexibility index (Phi) is 6.80. The van der Waals surface area contributed by atoms with Gasteiger partial charge in [0.15, 0.2) is 5.65 Å². The predicted molar refractivity (Wildman–Crippen MR) is 137 cm³/mol. The monoisotopic (exact) mass is 528 g/mol. The predicted octanol–water partition coefficient (Wildman–Crippen LogP) is 3.92. The van der Waals surface area contributed by atoms with Crippen molar-refractivity contribution in [3.05, 3.63) is 66.2 Å². The molecule has 0 aliphatic carbocycles. The van der Waals surface area contributed by atoms with Gasteiger partial charge < -0.3 is 19.3 Å². The van der Waals surface area contributed by atoms with Gasteiger partial charge in [0.1, 0.15) is 11.3 Å². The molecule has 12 heteroatoms. The largest absolute Gasteiger partial charge is 0.469 e. The van der Waals surface area contributed by atoms with Crippen LogP contribution in [0, 0.1) is 0 Å². The number of anilines is 1. The van der Waals surface area contributed by atoms with E-state index >= 15 is 0 Å². The van der Waals surface area contributed by atoms with Gasteiger partial charge in [-0.25, -0.2) is 24.5 Å². The number of aromatic nitrogens is 5. The van der Waals surface area contributed by atoms with Crippen LogP contribution in [0.5, 0.6) is 0 Å². The average Bonchev–Trinajstić information content (AvgIpc) is 3.43. The number of hydrogen-bond donors (Lipinski definition) is 2. The maximum atomic E-state index is 11.1. The summed E-state index contributed by atoms with van der Waals surface area (Å²) in [5, 5.41) is 0. The molecule has 6 rings (SSSR count). The van der Waals surface area contributed by atoms with Crippen LogP contribution in [-0.2, 0) is 15.5 Å². The maximum absolute atomic E-state index is 11.1. The molecule has 188 valence electrons. The number of hydrogen-bond acceptors (Lipinski definition) is 7. The van der Waals surface area contributed by atoms with Gasteiger partial charge in [-0.2, -0.15) is 0 Å². The number of halogens is 1. The zero-order valence-corrected chi connectivity index (χ0v) is 21.1. The van der Waals surface area contributed by atoms with Gasteiger partial charge in [-0.3, -0.25) is 4.52 Å². The minimum atomic E-state index is -4.47. The fraction of sp³-hybridized carbons (Fsp3) is 0.333. The van der Waals surface area contributed by atoms with Crippen LogP contribution in [0.15, 0.2) is 54.9 Å². The van der Waals surface area contributed by atoms with Gasteiger partial charge >= 0.3 is 7.82 Å². The van der Waals surface area contributed by atoms with Crippen molar-refractivity contribution in [3.8, 4) is 11.3 Å². The number of rotatable bonds is 5. The molecular weight excluding hydrogens is 503 g/mol. The second-order valence-corrected chi connectivity index (χ2v) is 10.1. The second kappa shape index (κ2) is 9.88. The molecule has 1 aromatic carbocycles. The van der Waals surface area contributed by atoms with Gasteiger partial charge in [-0.1, -0.05) is 30.3 Å². The zero-order valence-electron chi connectivity index (χ0n) is 19.3. The normalized spacial score (nSPS) is 18.3. The third-order valence-corrected chi connectivity index (χ3v) is 7.27. The molecule has 1 atom stereocenters. The molecule has 4 aromatic rings. The Labute approximate surface area is 214 Å². The van der Waals surface area contributed by atoms with Gasteiger partial charge in [0.2, 0.25) is 5.95 Å². The highest BCUT2D eigenvalue weighted by Gasteiger charge is 2.29. The fourth-order valence-corrected chi connectivity index (χ4v) is 5.64. The zero-order chi connectivity index (χ0) is 24.0. The molecule has 10 nitrogen and oxygen atoms in total. The van der Waals surface area contributed by atoms with Crippen molar-refractivity contribution in [2.75, 3.05) is 18.0 Å². The highest BCUT2D eigenvalue weighted by molar-refractivity contribution is 7.46. The van der Waals surface area contributed by atoms with Crippen LogP contribution in [0.2, 0.25) is 0 Å². The van der Waals surface area contributed by atoms with Gasteiger partial charge in [0.05, 0.1) is 17.8 Å². The van der Waals surface area contributed by atoms with Crippen LogP contribution < -0.4 is 4.90 Å². The lowest BCUT2D eigenvalue weighted by Gasteiger charge is -2.31.